The summed E-state index contributed by atoms with van der Waals surface area (Å²) in [6.45, 7) is 1.99. The number of hydrogen-bond acceptors (Lipinski definition) is 4. The first kappa shape index (κ1) is 19.9. The van der Waals surface area contributed by atoms with Gasteiger partial charge >= 0.3 is 6.09 Å². The highest BCUT2D eigenvalue weighted by Gasteiger charge is 2.18. The lowest BCUT2D eigenvalue weighted by atomic mass is 10.0. The number of nitrogens with one attached hydrogen (secondary N) is 2. The predicted octanol–water partition coefficient (Wildman–Crippen LogP) is 3.68. The van der Waals surface area contributed by atoms with Crippen molar-refractivity contribution in [3.63, 3.8) is 0 Å². The standard InChI is InChI=1S/C21H23N3O3/c1-2-27-21(26)23-19(18-13-7-4-8-14-18)16-20(25)24-22-15-9-12-17-10-5-3-6-11-17/h3-15,19H,2,16H2,1H3,(H,23,26)(H,24,25)/b12-9+,22-15-/t19-/m1/s1. The quantitative estimate of drug-likeness (QED) is 0.553. The smallest absolute Gasteiger partial charge is 0.407 e. The first-order valence-corrected chi connectivity index (χ1v) is 8.71. The van der Waals surface area contributed by atoms with Gasteiger partial charge in [0.1, 0.15) is 0 Å². The summed E-state index contributed by atoms with van der Waals surface area (Å²) < 4.78 is 4.91. The summed E-state index contributed by atoms with van der Waals surface area (Å²) in [7, 11) is 0. The van der Waals surface area contributed by atoms with Gasteiger partial charge < -0.3 is 10.1 Å². The molecule has 0 aliphatic heterocycles. The molecule has 0 aromatic heterocycles. The molecule has 6 heteroatoms. The molecule has 0 spiro atoms. The van der Waals surface area contributed by atoms with Crippen LogP contribution in [-0.2, 0) is 9.53 Å². The Morgan fingerprint density at radius 3 is 2.41 bits per heavy atom. The first-order valence-electron chi connectivity index (χ1n) is 8.71. The van der Waals surface area contributed by atoms with Gasteiger partial charge in [0.15, 0.2) is 0 Å². The van der Waals surface area contributed by atoms with E-state index < -0.39 is 12.1 Å². The van der Waals surface area contributed by atoms with Crippen LogP contribution in [0.3, 0.4) is 0 Å². The highest BCUT2D eigenvalue weighted by Crippen LogP contribution is 2.16. The number of rotatable bonds is 8. The molecule has 0 unspecified atom stereocenters. The molecule has 140 valence electrons. The number of ether oxygens (including phenoxy) is 1. The summed E-state index contributed by atoms with van der Waals surface area (Å²) >= 11 is 0. The van der Waals surface area contributed by atoms with Gasteiger partial charge in [0.25, 0.3) is 0 Å². The zero-order valence-electron chi connectivity index (χ0n) is 15.2. The Balaban J connectivity index is 1.90. The number of carbonyl (C=O) groups excluding carboxylic acids is 2. The van der Waals surface area contributed by atoms with Gasteiger partial charge in [-0.25, -0.2) is 10.2 Å². The molecule has 0 fully saturated rings. The van der Waals surface area contributed by atoms with Crippen molar-refractivity contribution in [3.8, 4) is 0 Å². The molecule has 0 saturated heterocycles. The number of benzene rings is 2. The Kier molecular flexibility index (Phi) is 8.30. The van der Waals surface area contributed by atoms with Crippen molar-refractivity contribution in [2.75, 3.05) is 6.61 Å². The highest BCUT2D eigenvalue weighted by molar-refractivity contribution is 5.82. The van der Waals surface area contributed by atoms with Crippen LogP contribution in [0.5, 0.6) is 0 Å². The Bertz CT molecular complexity index is 774. The molecule has 27 heavy (non-hydrogen) atoms. The minimum Gasteiger partial charge on any atom is -0.450 e. The maximum atomic E-state index is 12.2. The predicted molar refractivity (Wildman–Crippen MR) is 106 cm³/mol. The summed E-state index contributed by atoms with van der Waals surface area (Å²) in [6, 6.07) is 18.5. The number of nitrogens with zero attached hydrogens (tertiary/aromatic N) is 1. The van der Waals surface area contributed by atoms with Crippen LogP contribution in [-0.4, -0.2) is 24.8 Å². The highest BCUT2D eigenvalue weighted by atomic mass is 16.5. The molecule has 0 aliphatic carbocycles. The Morgan fingerprint density at radius 2 is 1.74 bits per heavy atom. The molecule has 0 radical (unpaired) electrons. The minimum absolute atomic E-state index is 0.0442. The van der Waals surface area contributed by atoms with Crippen LogP contribution in [0.15, 0.2) is 71.8 Å². The number of hydrogen-bond donors (Lipinski definition) is 2. The van der Waals surface area contributed by atoms with E-state index in [2.05, 4.69) is 15.8 Å². The second-order valence-corrected chi connectivity index (χ2v) is 5.62. The van der Waals surface area contributed by atoms with Gasteiger partial charge in [-0.05, 0) is 24.1 Å². The summed E-state index contributed by atoms with van der Waals surface area (Å²) in [4.78, 5) is 23.9. The number of alkyl carbamates (subject to hydrolysis) is 1. The van der Waals surface area contributed by atoms with Crippen molar-refractivity contribution < 1.29 is 14.3 Å². The van der Waals surface area contributed by atoms with Crippen LogP contribution in [0.2, 0.25) is 0 Å². The third-order valence-corrected chi connectivity index (χ3v) is 3.60. The van der Waals surface area contributed by atoms with Gasteiger partial charge in [0.2, 0.25) is 5.91 Å². The zero-order valence-corrected chi connectivity index (χ0v) is 15.2. The van der Waals surface area contributed by atoms with Crippen LogP contribution >= 0.6 is 0 Å². The van der Waals surface area contributed by atoms with Crippen LogP contribution in [0.25, 0.3) is 6.08 Å². The molecule has 0 aliphatic rings. The Hall–Kier alpha value is -3.41. The van der Waals surface area contributed by atoms with Crippen LogP contribution in [0.4, 0.5) is 4.79 Å². The summed E-state index contributed by atoms with van der Waals surface area (Å²) in [5.74, 6) is -0.315. The van der Waals surface area contributed by atoms with Gasteiger partial charge in [-0.3, -0.25) is 4.79 Å². The maximum Gasteiger partial charge on any atom is 0.407 e. The number of hydrazone groups is 1. The molecule has 0 bridgehead atoms. The van der Waals surface area contributed by atoms with E-state index >= 15 is 0 Å². The summed E-state index contributed by atoms with van der Waals surface area (Å²) in [5, 5.41) is 6.59. The van der Waals surface area contributed by atoms with Gasteiger partial charge in [0.05, 0.1) is 19.1 Å². The lowest BCUT2D eigenvalue weighted by Gasteiger charge is -2.17. The Morgan fingerprint density at radius 1 is 1.07 bits per heavy atom. The lowest BCUT2D eigenvalue weighted by molar-refractivity contribution is -0.121. The van der Waals surface area contributed by atoms with Crippen molar-refractivity contribution in [1.82, 2.24) is 10.7 Å². The molecule has 2 amide bonds. The molecular formula is C21H23N3O3. The van der Waals surface area contributed by atoms with Gasteiger partial charge in [-0.2, -0.15) is 5.10 Å². The molecule has 2 aromatic rings. The third kappa shape index (κ3) is 7.56. The number of allylic oxidation sites excluding steroid dienone is 1. The van der Waals surface area contributed by atoms with Gasteiger partial charge in [-0.15, -0.1) is 0 Å². The largest absolute Gasteiger partial charge is 0.450 e. The van der Waals surface area contributed by atoms with E-state index in [1.807, 2.05) is 66.7 Å². The van der Waals surface area contributed by atoms with E-state index in [-0.39, 0.29) is 18.9 Å². The second-order valence-electron chi connectivity index (χ2n) is 5.62. The Labute approximate surface area is 158 Å². The van der Waals surface area contributed by atoms with Crippen molar-refractivity contribution in [3.05, 3.63) is 77.9 Å². The normalized spacial score (nSPS) is 12.0. The van der Waals surface area contributed by atoms with E-state index in [9.17, 15) is 9.59 Å². The average molecular weight is 365 g/mol. The van der Waals surface area contributed by atoms with Crippen molar-refractivity contribution >= 4 is 24.3 Å². The molecular weight excluding hydrogens is 342 g/mol. The topological polar surface area (TPSA) is 79.8 Å². The fraction of sp³-hybridized carbons (Fsp3) is 0.190. The van der Waals surface area contributed by atoms with E-state index in [0.29, 0.717) is 0 Å². The monoisotopic (exact) mass is 365 g/mol. The third-order valence-electron chi connectivity index (χ3n) is 3.60. The number of amides is 2. The summed E-state index contributed by atoms with van der Waals surface area (Å²) in [5.41, 5.74) is 4.31. The van der Waals surface area contributed by atoms with Crippen molar-refractivity contribution in [1.29, 1.82) is 0 Å². The van der Waals surface area contributed by atoms with E-state index in [1.165, 1.54) is 6.21 Å². The van der Waals surface area contributed by atoms with E-state index in [1.54, 1.807) is 13.0 Å². The zero-order chi connectivity index (χ0) is 19.3. The van der Waals surface area contributed by atoms with Crippen LogP contribution < -0.4 is 10.7 Å². The van der Waals surface area contributed by atoms with E-state index in [4.69, 9.17) is 4.74 Å². The fourth-order valence-electron chi connectivity index (χ4n) is 2.35. The van der Waals surface area contributed by atoms with Crippen LogP contribution in [0, 0.1) is 0 Å². The molecule has 6 nitrogen and oxygen atoms in total. The van der Waals surface area contributed by atoms with Crippen molar-refractivity contribution in [2.45, 2.75) is 19.4 Å². The van der Waals surface area contributed by atoms with Crippen LogP contribution in [0.1, 0.15) is 30.5 Å². The average Bonchev–Trinajstić information content (AvgIpc) is 2.69. The molecule has 0 heterocycles. The van der Waals surface area contributed by atoms with Crippen molar-refractivity contribution in [2.24, 2.45) is 5.10 Å². The molecule has 1 atom stereocenters. The molecule has 2 rings (SSSR count). The van der Waals surface area contributed by atoms with Gasteiger partial charge in [-0.1, -0.05) is 66.7 Å². The molecule has 0 saturated carbocycles. The summed E-state index contributed by atoms with van der Waals surface area (Å²) in [6.07, 6.45) is 4.60. The van der Waals surface area contributed by atoms with Gasteiger partial charge in [0, 0.05) is 6.21 Å². The second kappa shape index (κ2) is 11.3. The fourth-order valence-corrected chi connectivity index (χ4v) is 2.35. The number of carbonyl (C=O) groups is 2. The lowest BCUT2D eigenvalue weighted by Crippen LogP contribution is -2.33. The minimum atomic E-state index is -0.562. The SMILES string of the molecule is CCOC(=O)N[C@H](CC(=O)N/N=C\C=C\c1ccccc1)c1ccccc1. The molecule has 2 N–H and O–H groups in total. The molecule has 2 aromatic carbocycles. The maximum absolute atomic E-state index is 12.2. The first-order chi connectivity index (χ1) is 13.2. The van der Waals surface area contributed by atoms with E-state index in [0.717, 1.165) is 11.1 Å².